The summed E-state index contributed by atoms with van der Waals surface area (Å²) < 4.78 is 44.5. The van der Waals surface area contributed by atoms with Gasteiger partial charge in [-0.2, -0.15) is 0 Å². The third kappa shape index (κ3) is 5.71. The zero-order valence-corrected chi connectivity index (χ0v) is 21.0. The second-order valence-corrected chi connectivity index (χ2v) is 10.2. The maximum Gasteiger partial charge on any atom is 0.225 e. The van der Waals surface area contributed by atoms with E-state index in [1.807, 2.05) is 97.9 Å². The molecule has 0 spiro atoms. The summed E-state index contributed by atoms with van der Waals surface area (Å²) in [6.45, 7) is 2.78. The molecule has 2 aliphatic heterocycles. The van der Waals surface area contributed by atoms with Gasteiger partial charge in [-0.1, -0.05) is 97.9 Å². The van der Waals surface area contributed by atoms with E-state index in [1.54, 1.807) is 0 Å². The third-order valence-electron chi connectivity index (χ3n) is 6.13. The molecule has 1 saturated heterocycles. The summed E-state index contributed by atoms with van der Waals surface area (Å²) >= 11 is 0. The van der Waals surface area contributed by atoms with Crippen molar-refractivity contribution >= 4 is 10.8 Å². The summed E-state index contributed by atoms with van der Waals surface area (Å²) in [5.41, 5.74) is 2.93. The highest BCUT2D eigenvalue weighted by atomic mass is 32.2. The van der Waals surface area contributed by atoms with Gasteiger partial charge in [0.15, 0.2) is 18.2 Å². The second kappa shape index (κ2) is 11.8. The Morgan fingerprint density at radius 3 is 2.11 bits per heavy atom. The van der Waals surface area contributed by atoms with Gasteiger partial charge >= 0.3 is 0 Å². The van der Waals surface area contributed by atoms with E-state index in [4.69, 9.17) is 23.7 Å². The fourth-order valence-electron chi connectivity index (χ4n) is 4.26. The Labute approximate surface area is 214 Å². The van der Waals surface area contributed by atoms with E-state index in [1.165, 1.54) is 0 Å². The van der Waals surface area contributed by atoms with Crippen molar-refractivity contribution in [1.82, 2.24) is 0 Å². The van der Waals surface area contributed by atoms with Crippen molar-refractivity contribution in [3.63, 3.8) is 0 Å². The molecule has 5 atom stereocenters. The molecule has 0 N–H and O–H groups in total. The second-order valence-electron chi connectivity index (χ2n) is 8.61. The average molecular weight is 507 g/mol. The van der Waals surface area contributed by atoms with Gasteiger partial charge in [-0.25, -0.2) is 0 Å². The van der Waals surface area contributed by atoms with Crippen molar-refractivity contribution in [2.45, 2.75) is 44.7 Å². The first-order valence-corrected chi connectivity index (χ1v) is 13.5. The fourth-order valence-corrected chi connectivity index (χ4v) is 5.16. The molecule has 0 amide bonds. The average Bonchev–Trinajstić information content (AvgIpc) is 2.95. The summed E-state index contributed by atoms with van der Waals surface area (Å²) in [6.07, 6.45) is -2.16. The van der Waals surface area contributed by atoms with Gasteiger partial charge in [-0.05, 0) is 11.1 Å². The molecule has 188 valence electrons. The molecule has 7 heteroatoms. The van der Waals surface area contributed by atoms with Gasteiger partial charge in [-0.3, -0.25) is 4.21 Å². The first-order valence-electron chi connectivity index (χ1n) is 12.2. The summed E-state index contributed by atoms with van der Waals surface area (Å²) in [4.78, 5) is 0. The van der Waals surface area contributed by atoms with Crippen molar-refractivity contribution in [3.05, 3.63) is 119 Å². The summed E-state index contributed by atoms with van der Waals surface area (Å²) in [7, 11) is -1.39. The maximum atomic E-state index is 13.1. The van der Waals surface area contributed by atoms with E-state index in [0.717, 1.165) is 16.7 Å². The SMILES string of the molecule is CC[S@](=O)C1=C(OCc2ccccc2)[C@@H](OCc2ccccc2)[C@@H]2O[C@H](c3ccccc3)OC[C@@H]2O1. The Hall–Kier alpha value is -2.97. The van der Waals surface area contributed by atoms with Gasteiger partial charge in [0.1, 0.15) is 18.8 Å². The van der Waals surface area contributed by atoms with Gasteiger partial charge in [0.25, 0.3) is 0 Å². The number of ether oxygens (including phenoxy) is 5. The highest BCUT2D eigenvalue weighted by molar-refractivity contribution is 7.88. The van der Waals surface area contributed by atoms with Crippen LogP contribution in [-0.4, -0.2) is 34.9 Å². The molecule has 3 aromatic rings. The first kappa shape index (κ1) is 24.7. The molecular weight excluding hydrogens is 476 g/mol. The largest absolute Gasteiger partial charge is 0.486 e. The lowest BCUT2D eigenvalue weighted by Gasteiger charge is -2.44. The fraction of sp³-hybridized carbons (Fsp3) is 0.310. The Balaban J connectivity index is 1.47. The number of hydrogen-bond donors (Lipinski definition) is 0. The normalized spacial score (nSPS) is 24.5. The van der Waals surface area contributed by atoms with E-state index in [0.29, 0.717) is 29.8 Å². The molecule has 0 aromatic heterocycles. The Kier molecular flexibility index (Phi) is 8.13. The van der Waals surface area contributed by atoms with Crippen LogP contribution in [0.5, 0.6) is 0 Å². The van der Waals surface area contributed by atoms with Crippen molar-refractivity contribution in [2.24, 2.45) is 0 Å². The molecule has 2 aliphatic rings. The van der Waals surface area contributed by atoms with E-state index < -0.39 is 35.4 Å². The summed E-state index contributed by atoms with van der Waals surface area (Å²) in [5.74, 6) is 0.815. The summed E-state index contributed by atoms with van der Waals surface area (Å²) in [6, 6.07) is 29.6. The van der Waals surface area contributed by atoms with E-state index in [2.05, 4.69) is 0 Å². The number of rotatable bonds is 9. The van der Waals surface area contributed by atoms with Crippen LogP contribution in [0.25, 0.3) is 0 Å². The molecule has 2 heterocycles. The minimum absolute atomic E-state index is 0.284. The molecule has 1 fully saturated rings. The molecule has 0 unspecified atom stereocenters. The lowest BCUT2D eigenvalue weighted by molar-refractivity contribution is -0.289. The van der Waals surface area contributed by atoms with Crippen LogP contribution in [0.1, 0.15) is 29.9 Å². The van der Waals surface area contributed by atoms with Crippen molar-refractivity contribution in [2.75, 3.05) is 12.4 Å². The molecule has 5 rings (SSSR count). The molecule has 36 heavy (non-hydrogen) atoms. The number of hydrogen-bond acceptors (Lipinski definition) is 6. The molecule has 0 radical (unpaired) electrons. The van der Waals surface area contributed by atoms with Gasteiger partial charge in [-0.15, -0.1) is 0 Å². The van der Waals surface area contributed by atoms with Crippen LogP contribution in [0.15, 0.2) is 102 Å². The van der Waals surface area contributed by atoms with Crippen LogP contribution in [0.4, 0.5) is 0 Å². The van der Waals surface area contributed by atoms with Crippen molar-refractivity contribution in [3.8, 4) is 0 Å². The topological polar surface area (TPSA) is 63.2 Å². The first-order chi connectivity index (χ1) is 17.7. The zero-order chi connectivity index (χ0) is 24.7. The van der Waals surface area contributed by atoms with Crippen LogP contribution in [0.2, 0.25) is 0 Å². The predicted molar refractivity (Wildman–Crippen MR) is 137 cm³/mol. The molecular formula is C29H30O6S. The number of benzene rings is 3. The Morgan fingerprint density at radius 2 is 1.47 bits per heavy atom. The van der Waals surface area contributed by atoms with Crippen LogP contribution in [0, 0.1) is 0 Å². The molecule has 6 nitrogen and oxygen atoms in total. The maximum absolute atomic E-state index is 13.1. The quantitative estimate of drug-likeness (QED) is 0.396. The van der Waals surface area contributed by atoms with Crippen molar-refractivity contribution in [1.29, 1.82) is 0 Å². The van der Waals surface area contributed by atoms with Crippen LogP contribution in [0.3, 0.4) is 0 Å². The third-order valence-corrected chi connectivity index (χ3v) is 7.36. The highest BCUT2D eigenvalue weighted by Gasteiger charge is 2.48. The van der Waals surface area contributed by atoms with E-state index in [-0.39, 0.29) is 6.61 Å². The number of fused-ring (bicyclic) bond motifs is 1. The van der Waals surface area contributed by atoms with Crippen molar-refractivity contribution < 1.29 is 27.9 Å². The Morgan fingerprint density at radius 1 is 0.861 bits per heavy atom. The predicted octanol–water partition coefficient (Wildman–Crippen LogP) is 5.24. The lowest BCUT2D eigenvalue weighted by atomic mass is 10.0. The monoisotopic (exact) mass is 506 g/mol. The van der Waals surface area contributed by atoms with E-state index >= 15 is 0 Å². The highest BCUT2D eigenvalue weighted by Crippen LogP contribution is 2.39. The smallest absolute Gasteiger partial charge is 0.225 e. The van der Waals surface area contributed by atoms with E-state index in [9.17, 15) is 4.21 Å². The minimum atomic E-state index is -1.39. The Bertz CT molecular complexity index is 1170. The van der Waals surface area contributed by atoms with Gasteiger partial charge in [0.05, 0.1) is 24.0 Å². The molecule has 0 aliphatic carbocycles. The van der Waals surface area contributed by atoms with Crippen LogP contribution in [-0.2, 0) is 47.7 Å². The van der Waals surface area contributed by atoms with Crippen LogP contribution < -0.4 is 0 Å². The van der Waals surface area contributed by atoms with Gasteiger partial charge < -0.3 is 23.7 Å². The standard InChI is InChI=1S/C29H30O6S/c1-2-36(30)29-27(32-19-22-14-8-4-9-15-22)26(31-18-21-12-6-3-7-13-21)25-24(34-29)20-33-28(35-25)23-16-10-5-11-17-23/h3-17,24-26,28H,2,18-20H2,1H3/t24-,25+,26-,28+,36-/m0/s1. The molecule has 3 aromatic carbocycles. The van der Waals surface area contributed by atoms with Gasteiger partial charge in [0.2, 0.25) is 5.09 Å². The summed E-state index contributed by atoms with van der Waals surface area (Å²) in [5, 5.41) is 0.304. The lowest BCUT2D eigenvalue weighted by Crippen LogP contribution is -2.53. The van der Waals surface area contributed by atoms with Crippen LogP contribution >= 0.6 is 0 Å². The van der Waals surface area contributed by atoms with Gasteiger partial charge in [0, 0.05) is 11.3 Å². The minimum Gasteiger partial charge on any atom is -0.486 e. The molecule has 0 saturated carbocycles. The zero-order valence-electron chi connectivity index (χ0n) is 20.2. The molecule has 0 bridgehead atoms.